The molecule has 0 radical (unpaired) electrons. The number of alkyl carbamates (subject to hydrolysis) is 2. The third kappa shape index (κ3) is 38.1. The first kappa shape index (κ1) is 81.2. The molecule has 1 unspecified atom stereocenters. The minimum Gasteiger partial charge on any atom is -0.453 e. The smallest absolute Gasteiger partial charge is 0.406 e. The third-order valence-electron chi connectivity index (χ3n) is 15.2. The lowest BCUT2D eigenvalue weighted by Crippen LogP contribution is -2.34. The largest absolute Gasteiger partial charge is 0.453 e. The van der Waals surface area contributed by atoms with Crippen LogP contribution in [-0.2, 0) is 24.0 Å². The Morgan fingerprint density at radius 3 is 1.05 bits per heavy atom. The molecule has 0 spiro atoms. The lowest BCUT2D eigenvalue weighted by atomic mass is 9.67. The summed E-state index contributed by atoms with van der Waals surface area (Å²) in [5.74, 6) is 3.85. The van der Waals surface area contributed by atoms with Gasteiger partial charge in [-0.05, 0) is 92.6 Å². The van der Waals surface area contributed by atoms with E-state index in [9.17, 15) is 18.6 Å². The predicted octanol–water partition coefficient (Wildman–Crippen LogP) is 16.7. The van der Waals surface area contributed by atoms with Crippen molar-refractivity contribution < 1.29 is 28.1 Å². The van der Waals surface area contributed by atoms with Crippen molar-refractivity contribution in [1.29, 1.82) is 0 Å². The molecule has 406 valence electrons. The summed E-state index contributed by atoms with van der Waals surface area (Å²) in [7, 11) is 0.904. The van der Waals surface area contributed by atoms with Crippen LogP contribution in [0.5, 0.6) is 0 Å². The molecule has 0 heterocycles. The molecule has 0 aromatic carbocycles. The molecule has 0 saturated carbocycles. The Labute approximate surface area is 417 Å². The highest BCUT2D eigenvalue weighted by atomic mass is 32.2. The molecule has 0 fully saturated rings. The van der Waals surface area contributed by atoms with E-state index in [1.807, 2.05) is 0 Å². The van der Waals surface area contributed by atoms with Crippen molar-refractivity contribution in [3.63, 3.8) is 0 Å². The molecular weight excluding hydrogens is 843 g/mol. The van der Waals surface area contributed by atoms with E-state index in [1.54, 1.807) is 20.2 Å². The van der Waals surface area contributed by atoms with Crippen LogP contribution in [-0.4, -0.2) is 68.2 Å². The van der Waals surface area contributed by atoms with Crippen LogP contribution in [0.4, 0.5) is 9.59 Å². The molecule has 0 aromatic heterocycles. The maximum atomic E-state index is 11.3. The second-order valence-corrected chi connectivity index (χ2v) is 28.6. The van der Waals surface area contributed by atoms with E-state index in [1.165, 1.54) is 20.0 Å². The van der Waals surface area contributed by atoms with Crippen LogP contribution >= 0.6 is 0 Å². The Balaban J connectivity index is -0.000000106. The number of nitrogens with one attached hydrogen (secondary N) is 3. The molecule has 0 bridgehead atoms. The average Bonchev–Trinajstić information content (AvgIpc) is 3.01. The highest BCUT2D eigenvalue weighted by Crippen LogP contribution is 2.43. The van der Waals surface area contributed by atoms with Crippen LogP contribution < -0.4 is 15.4 Å². The number of ether oxygens (including phenoxy) is 2. The molecule has 3 N–H and O–H groups in total. The summed E-state index contributed by atoms with van der Waals surface area (Å²) in [4.78, 5) is 32.5. The molecule has 0 rings (SSSR count). The number of hydrogen-bond acceptors (Lipinski definition) is 6. The molecule has 1 atom stereocenters. The summed E-state index contributed by atoms with van der Waals surface area (Å²) < 4.78 is 23.7. The van der Waals surface area contributed by atoms with Gasteiger partial charge in [0.2, 0.25) is 0 Å². The van der Waals surface area contributed by atoms with Gasteiger partial charge in [0.1, 0.15) is 5.78 Å². The Kier molecular flexibility index (Phi) is 39.5. The van der Waals surface area contributed by atoms with Crippen LogP contribution in [0.2, 0.25) is 0 Å². The van der Waals surface area contributed by atoms with Crippen LogP contribution in [0, 0.1) is 54.1 Å². The van der Waals surface area contributed by atoms with Gasteiger partial charge < -0.3 is 24.9 Å². The van der Waals surface area contributed by atoms with Crippen molar-refractivity contribution in [3.8, 4) is 0 Å². The third-order valence-corrected chi connectivity index (χ3v) is 16.1. The Morgan fingerprint density at radius 2 is 0.818 bits per heavy atom. The van der Waals surface area contributed by atoms with Crippen molar-refractivity contribution in [1.82, 2.24) is 15.4 Å². The Morgan fingerprint density at radius 1 is 0.515 bits per heavy atom. The monoisotopic (exact) mass is 968 g/mol. The van der Waals surface area contributed by atoms with Crippen molar-refractivity contribution in [2.24, 2.45) is 54.1 Å². The van der Waals surface area contributed by atoms with Gasteiger partial charge in [-0.15, -0.1) is 0 Å². The molecule has 0 aliphatic carbocycles. The van der Waals surface area contributed by atoms with Crippen LogP contribution in [0.25, 0.3) is 0 Å². The topological polar surface area (TPSA) is 123 Å². The quantitative estimate of drug-likeness (QED) is 0.149. The lowest BCUT2D eigenvalue weighted by molar-refractivity contribution is -0.120. The van der Waals surface area contributed by atoms with Gasteiger partial charge >= 0.3 is 12.2 Å². The van der Waals surface area contributed by atoms with E-state index in [4.69, 9.17) is 4.74 Å². The maximum Gasteiger partial charge on any atom is 0.406 e. The van der Waals surface area contributed by atoms with Gasteiger partial charge in [-0.25, -0.2) is 14.3 Å². The Bertz CT molecular complexity index is 1350. The second kappa shape index (κ2) is 32.1. The summed E-state index contributed by atoms with van der Waals surface area (Å²) in [5, 5.41) is 5.13. The Hall–Kier alpha value is -1.81. The molecule has 9 nitrogen and oxygen atoms in total. The van der Waals surface area contributed by atoms with Gasteiger partial charge in [0.15, 0.2) is 0 Å². The fraction of sp³-hybridized carbons (Fsp3) is 0.929. The fourth-order valence-electron chi connectivity index (χ4n) is 4.61. The van der Waals surface area contributed by atoms with E-state index in [0.717, 1.165) is 25.8 Å². The lowest BCUT2D eigenvalue weighted by Gasteiger charge is -2.39. The summed E-state index contributed by atoms with van der Waals surface area (Å²) in [5.41, 5.74) is 2.59. The minimum absolute atomic E-state index is 0. The SMILES string of the molecule is C.C.C.C=S(C)(=O)NCCC(C)(C)C(C)(C)C.CC(=O)CC(C)(C)C(C)(C)C.CCCC(C)(C)C(C)(C)C.CNC(=O)OCCC(C)(C)C(C)(C)C.COC(=O)NCCC(C)(C)C(C)(C)C. The van der Waals surface area contributed by atoms with Crippen molar-refractivity contribution in [2.45, 2.75) is 248 Å². The predicted molar refractivity (Wildman–Crippen MR) is 300 cm³/mol. The minimum atomic E-state index is -2.04. The van der Waals surface area contributed by atoms with Crippen LogP contribution in [0.15, 0.2) is 0 Å². The first-order chi connectivity index (χ1) is 27.3. The summed E-state index contributed by atoms with van der Waals surface area (Å²) in [6.07, 6.45) is 7.07. The zero-order valence-electron chi connectivity index (χ0n) is 47.9. The number of Topliss-reactive ketones (excluding diaryl/α,β-unsaturated/α-hetero) is 1. The van der Waals surface area contributed by atoms with Gasteiger partial charge in [0, 0.05) is 42.5 Å². The molecular formula is C56H125N3O6S. The molecule has 0 aliphatic rings. The number of methoxy groups -OCH3 is 1. The average molecular weight is 969 g/mol. The number of carbonyl (C=O) groups is 3. The van der Waals surface area contributed by atoms with Crippen molar-refractivity contribution >= 4 is 33.5 Å². The maximum absolute atomic E-state index is 11.3. The highest BCUT2D eigenvalue weighted by Gasteiger charge is 2.35. The van der Waals surface area contributed by atoms with Gasteiger partial charge in [-0.3, -0.25) is 4.21 Å². The number of rotatable bonds is 14. The van der Waals surface area contributed by atoms with Crippen molar-refractivity contribution in [3.05, 3.63) is 0 Å². The highest BCUT2D eigenvalue weighted by molar-refractivity contribution is 7.97. The molecule has 0 saturated heterocycles. The van der Waals surface area contributed by atoms with Crippen LogP contribution in [0.3, 0.4) is 0 Å². The summed E-state index contributed by atoms with van der Waals surface area (Å²) in [6, 6.07) is 0. The zero-order valence-corrected chi connectivity index (χ0v) is 48.7. The molecule has 10 heteroatoms. The first-order valence-electron chi connectivity index (χ1n) is 23.6. The van der Waals surface area contributed by atoms with E-state index >= 15 is 0 Å². The van der Waals surface area contributed by atoms with Gasteiger partial charge in [0.25, 0.3) is 0 Å². The van der Waals surface area contributed by atoms with E-state index in [0.29, 0.717) is 30.4 Å². The summed E-state index contributed by atoms with van der Waals surface area (Å²) >= 11 is 0. The van der Waals surface area contributed by atoms with Gasteiger partial charge in [0.05, 0.1) is 13.7 Å². The second-order valence-electron chi connectivity index (χ2n) is 26.3. The zero-order chi connectivity index (χ0) is 52.1. The first-order valence-corrected chi connectivity index (χ1v) is 25.7. The number of hydrogen-bond donors (Lipinski definition) is 3. The van der Waals surface area contributed by atoms with Crippen molar-refractivity contribution in [2.75, 3.05) is 40.1 Å². The normalized spacial score (nSPS) is 13.4. The van der Waals surface area contributed by atoms with E-state index in [-0.39, 0.29) is 83.6 Å². The molecule has 0 aliphatic heterocycles. The van der Waals surface area contributed by atoms with E-state index < -0.39 is 9.71 Å². The number of amides is 2. The molecule has 0 aromatic rings. The van der Waals surface area contributed by atoms with Gasteiger partial charge in [-0.1, -0.05) is 209 Å². The number of ketones is 1. The van der Waals surface area contributed by atoms with E-state index in [2.05, 4.69) is 206 Å². The molecule has 66 heavy (non-hydrogen) atoms. The van der Waals surface area contributed by atoms with Gasteiger partial charge in [-0.2, -0.15) is 0 Å². The summed E-state index contributed by atoms with van der Waals surface area (Å²) in [6.45, 7) is 61.6. The fourth-order valence-corrected chi connectivity index (χ4v) is 5.15. The molecule has 2 amide bonds. The standard InChI is InChI=1S/2C11H23NO2.C11H25NOS.C10H20O.C10H22.3CH4/c1-10(2,3)11(4,5)7-8-12-9(13)14-6;1-10(2,3)11(4,5)7-8-14-9(13)12-6;1-10(2,3)11(4,5)8-9-12-14(6,7)13;1-8(11)7-10(5,6)9(2,3)4;1-7-8-10(5,6)9(2,3)4;;;/h2*7-8H2,1-6H3,(H,12,13);6,8-9H2,1-5,7H3,(H,12,13);7H2,1-6H3;7-8H2,1-6H3;3*1H4. The van der Waals surface area contributed by atoms with Crippen LogP contribution in [0.1, 0.15) is 248 Å². The number of carbonyl (C=O) groups excluding carboxylic acids is 3.